The predicted octanol–water partition coefficient (Wildman–Crippen LogP) is 2.79. The third kappa shape index (κ3) is 4.33. The highest BCUT2D eigenvalue weighted by Crippen LogP contribution is 2.24. The summed E-state index contributed by atoms with van der Waals surface area (Å²) in [4.78, 5) is 12.6. The third-order valence-electron chi connectivity index (χ3n) is 4.48. The second-order valence-corrected chi connectivity index (χ2v) is 8.16. The van der Waals surface area contributed by atoms with Gasteiger partial charge in [-0.1, -0.05) is 18.2 Å². The second-order valence-electron chi connectivity index (χ2n) is 6.26. The van der Waals surface area contributed by atoms with Crippen LogP contribution in [0, 0.1) is 23.3 Å². The number of halogens is 4. The molecule has 1 amide bonds. The van der Waals surface area contributed by atoms with Gasteiger partial charge in [0.05, 0.1) is 0 Å². The SMILES string of the molecule is O=C(C=Cc1ccccc1F)N1CCN(S(=O)(=O)c2ccc(F)c(F)c2F)CC1. The standard InChI is InChI=1S/C19H16F4N2O3S/c20-14-4-2-1-3-13(14)5-8-17(26)24-9-11-25(12-10-24)29(27,28)16-7-6-15(21)18(22)19(16)23/h1-8H,9-12H2. The summed E-state index contributed by atoms with van der Waals surface area (Å²) < 4.78 is 79.9. The van der Waals surface area contributed by atoms with Gasteiger partial charge in [-0.2, -0.15) is 4.31 Å². The molecule has 0 atom stereocenters. The van der Waals surface area contributed by atoms with Crippen LogP contribution in [0.25, 0.3) is 6.08 Å². The molecule has 3 rings (SSSR count). The van der Waals surface area contributed by atoms with Gasteiger partial charge in [0.1, 0.15) is 10.7 Å². The Morgan fingerprint density at radius 3 is 2.17 bits per heavy atom. The average molecular weight is 428 g/mol. The van der Waals surface area contributed by atoms with E-state index in [0.717, 1.165) is 4.31 Å². The number of sulfonamides is 1. The summed E-state index contributed by atoms with van der Waals surface area (Å²) in [5, 5.41) is 0. The first-order chi connectivity index (χ1) is 13.7. The molecule has 5 nitrogen and oxygen atoms in total. The molecule has 0 spiro atoms. The van der Waals surface area contributed by atoms with Crippen molar-refractivity contribution in [3.05, 3.63) is 71.3 Å². The first kappa shape index (κ1) is 21.0. The van der Waals surface area contributed by atoms with Crippen molar-refractivity contribution in [3.63, 3.8) is 0 Å². The van der Waals surface area contributed by atoms with Crippen LogP contribution < -0.4 is 0 Å². The Balaban J connectivity index is 1.68. The van der Waals surface area contributed by atoms with Crippen molar-refractivity contribution < 1.29 is 30.8 Å². The summed E-state index contributed by atoms with van der Waals surface area (Å²) in [5.74, 6) is -6.06. The van der Waals surface area contributed by atoms with Crippen molar-refractivity contribution in [1.29, 1.82) is 0 Å². The van der Waals surface area contributed by atoms with Crippen LogP contribution >= 0.6 is 0 Å². The maximum absolute atomic E-state index is 13.9. The predicted molar refractivity (Wildman–Crippen MR) is 97.1 cm³/mol. The number of amides is 1. The molecule has 154 valence electrons. The summed E-state index contributed by atoms with van der Waals surface area (Å²) in [5.41, 5.74) is 0.232. The van der Waals surface area contributed by atoms with Gasteiger partial charge >= 0.3 is 0 Å². The van der Waals surface area contributed by atoms with Gasteiger partial charge in [0.15, 0.2) is 17.5 Å². The summed E-state index contributed by atoms with van der Waals surface area (Å²) in [6.45, 7) is -0.296. The molecule has 10 heteroatoms. The maximum atomic E-state index is 13.9. The Bertz CT molecular complexity index is 1070. The molecule has 0 radical (unpaired) electrons. The fraction of sp³-hybridized carbons (Fsp3) is 0.211. The van der Waals surface area contributed by atoms with Crippen LogP contribution in [0.5, 0.6) is 0 Å². The molecule has 1 fully saturated rings. The van der Waals surface area contributed by atoms with Crippen LogP contribution in [0.4, 0.5) is 17.6 Å². The molecule has 29 heavy (non-hydrogen) atoms. The molecular formula is C19H16F4N2O3S. The minimum atomic E-state index is -4.40. The van der Waals surface area contributed by atoms with Gasteiger partial charge in [-0.25, -0.2) is 26.0 Å². The van der Waals surface area contributed by atoms with Crippen molar-refractivity contribution in [3.8, 4) is 0 Å². The number of carbonyl (C=O) groups excluding carboxylic acids is 1. The Labute approximate surface area is 164 Å². The molecule has 0 aliphatic carbocycles. The van der Waals surface area contributed by atoms with Gasteiger partial charge in [0.2, 0.25) is 15.9 Å². The van der Waals surface area contributed by atoms with Gasteiger partial charge in [-0.15, -0.1) is 0 Å². The average Bonchev–Trinajstić information content (AvgIpc) is 2.71. The Kier molecular flexibility index (Phi) is 6.04. The van der Waals surface area contributed by atoms with E-state index in [2.05, 4.69) is 0 Å². The van der Waals surface area contributed by atoms with Crippen molar-refractivity contribution in [2.75, 3.05) is 26.2 Å². The molecule has 0 N–H and O–H groups in total. The highest BCUT2D eigenvalue weighted by molar-refractivity contribution is 7.89. The van der Waals surface area contributed by atoms with Gasteiger partial charge in [-0.05, 0) is 24.3 Å². The van der Waals surface area contributed by atoms with Crippen molar-refractivity contribution >= 4 is 22.0 Å². The zero-order valence-corrected chi connectivity index (χ0v) is 15.8. The molecule has 2 aromatic rings. The number of piperazine rings is 1. The molecule has 2 aromatic carbocycles. The van der Waals surface area contributed by atoms with Gasteiger partial charge in [0.25, 0.3) is 0 Å². The lowest BCUT2D eigenvalue weighted by Gasteiger charge is -2.33. The zero-order chi connectivity index (χ0) is 21.2. The van der Waals surface area contributed by atoms with E-state index in [4.69, 9.17) is 0 Å². The van der Waals surface area contributed by atoms with E-state index < -0.39 is 44.1 Å². The fourth-order valence-electron chi connectivity index (χ4n) is 2.87. The van der Waals surface area contributed by atoms with Crippen LogP contribution in [0.15, 0.2) is 47.4 Å². The van der Waals surface area contributed by atoms with Crippen LogP contribution in [0.3, 0.4) is 0 Å². The lowest BCUT2D eigenvalue weighted by molar-refractivity contribution is -0.127. The van der Waals surface area contributed by atoms with E-state index in [0.29, 0.717) is 12.1 Å². The highest BCUT2D eigenvalue weighted by atomic mass is 32.2. The lowest BCUT2D eigenvalue weighted by atomic mass is 10.2. The number of rotatable bonds is 4. The van der Waals surface area contributed by atoms with Gasteiger partial charge in [0, 0.05) is 37.8 Å². The minimum absolute atomic E-state index is 0.00493. The van der Waals surface area contributed by atoms with E-state index in [9.17, 15) is 30.8 Å². The maximum Gasteiger partial charge on any atom is 0.246 e. The van der Waals surface area contributed by atoms with E-state index in [1.807, 2.05) is 0 Å². The molecule has 1 aliphatic heterocycles. The lowest BCUT2D eigenvalue weighted by Crippen LogP contribution is -2.50. The molecule has 1 aliphatic rings. The van der Waals surface area contributed by atoms with E-state index in [-0.39, 0.29) is 31.7 Å². The molecule has 0 unspecified atom stereocenters. The molecule has 0 saturated carbocycles. The summed E-state index contributed by atoms with van der Waals surface area (Å²) in [6, 6.07) is 7.10. The van der Waals surface area contributed by atoms with Crippen LogP contribution in [0.2, 0.25) is 0 Å². The second kappa shape index (κ2) is 8.34. The Morgan fingerprint density at radius 2 is 1.52 bits per heavy atom. The smallest absolute Gasteiger partial charge is 0.246 e. The van der Waals surface area contributed by atoms with Crippen molar-refractivity contribution in [2.45, 2.75) is 4.90 Å². The van der Waals surface area contributed by atoms with Crippen molar-refractivity contribution in [1.82, 2.24) is 9.21 Å². The summed E-state index contributed by atoms with van der Waals surface area (Å²) >= 11 is 0. The monoisotopic (exact) mass is 428 g/mol. The third-order valence-corrected chi connectivity index (χ3v) is 6.39. The highest BCUT2D eigenvalue weighted by Gasteiger charge is 2.33. The Morgan fingerprint density at radius 1 is 0.862 bits per heavy atom. The Hall–Kier alpha value is -2.72. The van der Waals surface area contributed by atoms with E-state index in [1.165, 1.54) is 35.3 Å². The quantitative estimate of drug-likeness (QED) is 0.428. The zero-order valence-electron chi connectivity index (χ0n) is 15.0. The molecular weight excluding hydrogens is 412 g/mol. The molecule has 1 saturated heterocycles. The number of hydrogen-bond donors (Lipinski definition) is 0. The molecule has 0 bridgehead atoms. The van der Waals surface area contributed by atoms with Gasteiger partial charge in [-0.3, -0.25) is 4.79 Å². The first-order valence-corrected chi connectivity index (χ1v) is 10.0. The summed E-state index contributed by atoms with van der Waals surface area (Å²) in [7, 11) is -4.40. The van der Waals surface area contributed by atoms with Crippen molar-refractivity contribution in [2.24, 2.45) is 0 Å². The number of nitrogens with zero attached hydrogens (tertiary/aromatic N) is 2. The fourth-order valence-corrected chi connectivity index (χ4v) is 4.35. The number of benzene rings is 2. The van der Waals surface area contributed by atoms with Crippen LogP contribution in [-0.2, 0) is 14.8 Å². The largest absolute Gasteiger partial charge is 0.337 e. The molecule has 0 aromatic heterocycles. The van der Waals surface area contributed by atoms with Crippen LogP contribution in [-0.4, -0.2) is 49.7 Å². The number of hydrogen-bond acceptors (Lipinski definition) is 3. The normalized spacial score (nSPS) is 15.8. The van der Waals surface area contributed by atoms with Gasteiger partial charge < -0.3 is 4.90 Å². The van der Waals surface area contributed by atoms with Crippen LogP contribution in [0.1, 0.15) is 5.56 Å². The topological polar surface area (TPSA) is 57.7 Å². The first-order valence-electron chi connectivity index (χ1n) is 8.57. The number of carbonyl (C=O) groups is 1. The molecule has 1 heterocycles. The van der Waals surface area contributed by atoms with E-state index >= 15 is 0 Å². The summed E-state index contributed by atoms with van der Waals surface area (Å²) in [6.07, 6.45) is 2.50. The minimum Gasteiger partial charge on any atom is -0.337 e. The van der Waals surface area contributed by atoms with E-state index in [1.54, 1.807) is 6.07 Å².